The molecule has 0 amide bonds. The van der Waals surface area contributed by atoms with Crippen LogP contribution in [0.4, 0.5) is 5.82 Å². The van der Waals surface area contributed by atoms with Crippen molar-refractivity contribution in [1.29, 1.82) is 0 Å². The fourth-order valence-corrected chi connectivity index (χ4v) is 3.80. The number of rotatable bonds is 8. The van der Waals surface area contributed by atoms with Gasteiger partial charge < -0.3 is 10.5 Å². The van der Waals surface area contributed by atoms with Gasteiger partial charge in [0.15, 0.2) is 15.8 Å². The number of nitrogen functional groups attached to an aromatic ring is 1. The van der Waals surface area contributed by atoms with Gasteiger partial charge in [-0.05, 0) is 12.8 Å². The number of nitrogens with two attached hydrogens (primary N) is 1. The number of hydrogen-bond acceptors (Lipinski definition) is 6. The van der Waals surface area contributed by atoms with E-state index in [0.717, 1.165) is 6.42 Å². The Balaban J connectivity index is 2.00. The molecule has 0 aliphatic rings. The summed E-state index contributed by atoms with van der Waals surface area (Å²) < 4.78 is 33.7. The van der Waals surface area contributed by atoms with E-state index in [0.29, 0.717) is 31.1 Å². The van der Waals surface area contributed by atoms with E-state index in [1.807, 2.05) is 6.92 Å². The maximum atomic E-state index is 12.2. The third-order valence-electron chi connectivity index (χ3n) is 2.60. The van der Waals surface area contributed by atoms with Crippen LogP contribution in [0.2, 0.25) is 0 Å². The van der Waals surface area contributed by atoms with Crippen LogP contribution in [-0.2, 0) is 14.8 Å². The first-order chi connectivity index (χ1) is 9.56. The summed E-state index contributed by atoms with van der Waals surface area (Å²) in [5.74, 6) is 0.0200. The molecule has 7 nitrogen and oxygen atoms in total. The van der Waals surface area contributed by atoms with Crippen LogP contribution < -0.4 is 10.5 Å². The molecule has 2 aromatic heterocycles. The topological polar surface area (TPSA) is 98.7 Å². The summed E-state index contributed by atoms with van der Waals surface area (Å²) in [6, 6.07) is 0. The van der Waals surface area contributed by atoms with Crippen molar-refractivity contribution in [3.05, 3.63) is 11.6 Å². The van der Waals surface area contributed by atoms with Gasteiger partial charge in [0.2, 0.25) is 0 Å². The van der Waals surface area contributed by atoms with Crippen LogP contribution in [-0.4, -0.2) is 37.6 Å². The Hall–Kier alpha value is -1.16. The van der Waals surface area contributed by atoms with Crippen LogP contribution in [0.5, 0.6) is 0 Å². The predicted octanol–water partition coefficient (Wildman–Crippen LogP) is 1.07. The van der Waals surface area contributed by atoms with Gasteiger partial charge in [-0.3, -0.25) is 4.40 Å². The molecule has 0 fully saturated rings. The van der Waals surface area contributed by atoms with Gasteiger partial charge >= 0.3 is 0 Å². The number of hydrogen-bond donors (Lipinski definition) is 2. The Bertz CT molecular complexity index is 662. The fraction of sp³-hybridized carbons (Fsp3) is 0.545. The van der Waals surface area contributed by atoms with Crippen molar-refractivity contribution in [2.75, 3.05) is 25.5 Å². The average Bonchev–Trinajstić information content (AvgIpc) is 2.92. The number of aromatic nitrogens is 2. The predicted molar refractivity (Wildman–Crippen MR) is 78.4 cm³/mol. The minimum absolute atomic E-state index is 0.00299. The molecule has 2 heterocycles. The van der Waals surface area contributed by atoms with Crippen molar-refractivity contribution in [3.8, 4) is 0 Å². The number of nitrogens with zero attached hydrogens (tertiary/aromatic N) is 2. The number of ether oxygens (including phenoxy) is 1. The van der Waals surface area contributed by atoms with Crippen molar-refractivity contribution in [1.82, 2.24) is 14.1 Å². The van der Waals surface area contributed by atoms with E-state index in [-0.39, 0.29) is 10.8 Å². The van der Waals surface area contributed by atoms with E-state index in [1.165, 1.54) is 15.7 Å². The fourth-order valence-electron chi connectivity index (χ4n) is 1.74. The Morgan fingerprint density at radius 2 is 2.30 bits per heavy atom. The lowest BCUT2D eigenvalue weighted by Gasteiger charge is -2.06. The number of nitrogens with one attached hydrogen (secondary N) is 1. The highest BCUT2D eigenvalue weighted by atomic mass is 32.2. The average molecular weight is 318 g/mol. The first-order valence-corrected chi connectivity index (χ1v) is 8.71. The monoisotopic (exact) mass is 318 g/mol. The van der Waals surface area contributed by atoms with E-state index < -0.39 is 10.0 Å². The van der Waals surface area contributed by atoms with Crippen molar-refractivity contribution in [2.24, 2.45) is 0 Å². The summed E-state index contributed by atoms with van der Waals surface area (Å²) in [5, 5.41) is 1.77. The summed E-state index contributed by atoms with van der Waals surface area (Å²) in [5.41, 5.74) is 5.68. The quantitative estimate of drug-likeness (QED) is 0.709. The van der Waals surface area contributed by atoms with Crippen molar-refractivity contribution >= 4 is 32.1 Å². The van der Waals surface area contributed by atoms with Crippen molar-refractivity contribution in [2.45, 2.75) is 24.8 Å². The molecule has 112 valence electrons. The third kappa shape index (κ3) is 3.29. The summed E-state index contributed by atoms with van der Waals surface area (Å²) in [6.07, 6.45) is 3.21. The third-order valence-corrected chi connectivity index (χ3v) is 4.86. The lowest BCUT2D eigenvalue weighted by molar-refractivity contribution is 0.133. The molecule has 3 N–H and O–H groups in total. The molecule has 0 spiro atoms. The zero-order chi connectivity index (χ0) is 14.6. The highest BCUT2D eigenvalue weighted by molar-refractivity contribution is 7.89. The SMILES string of the molecule is CCCOCCCNS(=O)(=O)c1c(N)nc2sccn12. The highest BCUT2D eigenvalue weighted by Crippen LogP contribution is 2.22. The zero-order valence-electron chi connectivity index (χ0n) is 11.2. The maximum Gasteiger partial charge on any atom is 0.260 e. The van der Waals surface area contributed by atoms with Crippen LogP contribution >= 0.6 is 11.3 Å². The van der Waals surface area contributed by atoms with E-state index in [4.69, 9.17) is 10.5 Å². The van der Waals surface area contributed by atoms with E-state index >= 15 is 0 Å². The minimum Gasteiger partial charge on any atom is -0.381 e. The Kier molecular flexibility index (Phi) is 4.97. The molecule has 0 radical (unpaired) electrons. The van der Waals surface area contributed by atoms with Gasteiger partial charge in [0.05, 0.1) is 0 Å². The molecule has 20 heavy (non-hydrogen) atoms. The molecule has 9 heteroatoms. The Labute approximate surface area is 121 Å². The van der Waals surface area contributed by atoms with Crippen LogP contribution in [0.15, 0.2) is 16.6 Å². The van der Waals surface area contributed by atoms with E-state index in [1.54, 1.807) is 11.6 Å². The molecule has 0 aliphatic heterocycles. The Morgan fingerprint density at radius 1 is 1.50 bits per heavy atom. The van der Waals surface area contributed by atoms with E-state index in [2.05, 4.69) is 9.71 Å². The minimum atomic E-state index is -3.66. The summed E-state index contributed by atoms with van der Waals surface area (Å²) >= 11 is 1.34. The Morgan fingerprint density at radius 3 is 3.05 bits per heavy atom. The molecular weight excluding hydrogens is 300 g/mol. The van der Waals surface area contributed by atoms with Crippen LogP contribution in [0, 0.1) is 0 Å². The molecule has 0 aromatic carbocycles. The number of sulfonamides is 1. The molecule has 0 bridgehead atoms. The van der Waals surface area contributed by atoms with Gasteiger partial charge in [0, 0.05) is 31.3 Å². The van der Waals surface area contributed by atoms with Gasteiger partial charge in [-0.2, -0.15) is 0 Å². The smallest absolute Gasteiger partial charge is 0.260 e. The highest BCUT2D eigenvalue weighted by Gasteiger charge is 2.23. The van der Waals surface area contributed by atoms with Crippen LogP contribution in [0.25, 0.3) is 4.96 Å². The van der Waals surface area contributed by atoms with Crippen LogP contribution in [0.1, 0.15) is 19.8 Å². The van der Waals surface area contributed by atoms with E-state index in [9.17, 15) is 8.42 Å². The summed E-state index contributed by atoms with van der Waals surface area (Å²) in [7, 11) is -3.66. The number of imidazole rings is 1. The second kappa shape index (κ2) is 6.53. The molecule has 0 saturated heterocycles. The second-order valence-electron chi connectivity index (χ2n) is 4.22. The lowest BCUT2D eigenvalue weighted by atomic mass is 10.4. The first-order valence-electron chi connectivity index (χ1n) is 6.34. The summed E-state index contributed by atoms with van der Waals surface area (Å²) in [6.45, 7) is 3.56. The van der Waals surface area contributed by atoms with Gasteiger partial charge in [-0.25, -0.2) is 18.1 Å². The molecule has 0 unspecified atom stereocenters. The molecular formula is C11H18N4O3S2. The first kappa shape index (κ1) is 15.2. The second-order valence-corrected chi connectivity index (χ2v) is 6.78. The molecule has 0 atom stereocenters. The van der Waals surface area contributed by atoms with Gasteiger partial charge in [0.1, 0.15) is 0 Å². The molecule has 2 rings (SSSR count). The standard InChI is InChI=1S/C11H18N4O3S2/c1-2-6-18-7-3-4-13-20(16,17)10-9(12)14-11-15(10)5-8-19-11/h5,8,13H,2-4,6-7,12H2,1H3. The van der Waals surface area contributed by atoms with Gasteiger partial charge in [-0.15, -0.1) is 11.3 Å². The van der Waals surface area contributed by atoms with Gasteiger partial charge in [-0.1, -0.05) is 6.92 Å². The number of fused-ring (bicyclic) bond motifs is 1. The maximum absolute atomic E-state index is 12.2. The molecule has 0 aliphatic carbocycles. The largest absolute Gasteiger partial charge is 0.381 e. The molecule has 0 saturated carbocycles. The summed E-state index contributed by atoms with van der Waals surface area (Å²) in [4.78, 5) is 4.59. The number of anilines is 1. The van der Waals surface area contributed by atoms with Gasteiger partial charge in [0.25, 0.3) is 10.0 Å². The van der Waals surface area contributed by atoms with Crippen LogP contribution in [0.3, 0.4) is 0 Å². The van der Waals surface area contributed by atoms with Crippen molar-refractivity contribution in [3.63, 3.8) is 0 Å². The number of thiazole rings is 1. The van der Waals surface area contributed by atoms with Crippen molar-refractivity contribution < 1.29 is 13.2 Å². The molecule has 2 aromatic rings. The normalized spacial score (nSPS) is 12.2. The lowest BCUT2D eigenvalue weighted by Crippen LogP contribution is -2.27. The zero-order valence-corrected chi connectivity index (χ0v) is 12.8.